The molecule has 0 saturated carbocycles. The summed E-state index contributed by atoms with van der Waals surface area (Å²) in [5.74, 6) is 3.11. The highest BCUT2D eigenvalue weighted by molar-refractivity contribution is 14.0. The van der Waals surface area contributed by atoms with E-state index in [1.807, 2.05) is 45.0 Å². The van der Waals surface area contributed by atoms with Crippen LogP contribution in [0.4, 0.5) is 0 Å². The number of ether oxygens (including phenoxy) is 3. The van der Waals surface area contributed by atoms with Crippen molar-refractivity contribution in [1.82, 2.24) is 15.6 Å². The molecule has 1 heterocycles. The van der Waals surface area contributed by atoms with E-state index < -0.39 is 0 Å². The van der Waals surface area contributed by atoms with Crippen LogP contribution in [0.5, 0.6) is 17.2 Å². The first kappa shape index (κ1) is 25.8. The molecule has 8 heteroatoms. The molecule has 0 unspecified atom stereocenters. The van der Waals surface area contributed by atoms with Crippen molar-refractivity contribution in [3.05, 3.63) is 48.3 Å². The Morgan fingerprint density at radius 1 is 1.00 bits per heavy atom. The first-order valence-electron chi connectivity index (χ1n) is 10.2. The molecule has 0 bridgehead atoms. The van der Waals surface area contributed by atoms with E-state index >= 15 is 0 Å². The van der Waals surface area contributed by atoms with Crippen LogP contribution >= 0.6 is 24.0 Å². The average Bonchev–Trinajstić information content (AvgIpc) is 2.74. The molecule has 1 aromatic heterocycles. The van der Waals surface area contributed by atoms with Gasteiger partial charge in [0, 0.05) is 19.3 Å². The van der Waals surface area contributed by atoms with Gasteiger partial charge in [0.1, 0.15) is 12.4 Å². The van der Waals surface area contributed by atoms with Crippen LogP contribution in [-0.2, 0) is 6.42 Å². The summed E-state index contributed by atoms with van der Waals surface area (Å²) in [4.78, 5) is 8.67. The standard InChI is InChI=1S/C22H32N4O3.HI/c1-4-24-22(26-14-15-29-19-8-7-12-23-17-19)25-13-11-18-9-10-20(27-5-2)21(16-18)28-6-3;/h7-10,12,16-17H,4-6,11,13-15H2,1-3H3,(H2,24,25,26);1H. The molecule has 0 radical (unpaired) electrons. The Morgan fingerprint density at radius 2 is 1.80 bits per heavy atom. The maximum atomic E-state index is 5.69. The summed E-state index contributed by atoms with van der Waals surface area (Å²) in [6, 6.07) is 9.80. The highest BCUT2D eigenvalue weighted by Crippen LogP contribution is 2.28. The van der Waals surface area contributed by atoms with Crippen molar-refractivity contribution in [3.8, 4) is 17.2 Å². The molecule has 2 aromatic rings. The summed E-state index contributed by atoms with van der Waals surface area (Å²) in [6.45, 7) is 9.86. The van der Waals surface area contributed by atoms with Crippen molar-refractivity contribution in [3.63, 3.8) is 0 Å². The van der Waals surface area contributed by atoms with Gasteiger partial charge in [-0.15, -0.1) is 24.0 Å². The van der Waals surface area contributed by atoms with E-state index in [4.69, 9.17) is 14.2 Å². The number of nitrogens with zero attached hydrogens (tertiary/aromatic N) is 2. The van der Waals surface area contributed by atoms with Gasteiger partial charge in [0.05, 0.1) is 26.0 Å². The predicted octanol–water partition coefficient (Wildman–Crippen LogP) is 3.67. The van der Waals surface area contributed by atoms with E-state index in [1.165, 1.54) is 0 Å². The quantitative estimate of drug-likeness (QED) is 0.190. The molecule has 0 aliphatic heterocycles. The Hall–Kier alpha value is -2.23. The first-order chi connectivity index (χ1) is 14.3. The normalized spacial score (nSPS) is 10.7. The minimum absolute atomic E-state index is 0. The molecule has 2 N–H and O–H groups in total. The molecule has 0 amide bonds. The Kier molecular flexibility index (Phi) is 13.4. The molecular weight excluding hydrogens is 495 g/mol. The van der Waals surface area contributed by atoms with Gasteiger partial charge < -0.3 is 24.8 Å². The van der Waals surface area contributed by atoms with Crippen molar-refractivity contribution in [1.29, 1.82) is 0 Å². The van der Waals surface area contributed by atoms with Crippen molar-refractivity contribution in [2.75, 3.05) is 39.5 Å². The van der Waals surface area contributed by atoms with Crippen LogP contribution in [0.2, 0.25) is 0 Å². The summed E-state index contributed by atoms with van der Waals surface area (Å²) >= 11 is 0. The van der Waals surface area contributed by atoms with Gasteiger partial charge in [0.15, 0.2) is 17.5 Å². The summed E-state index contributed by atoms with van der Waals surface area (Å²) in [5, 5.41) is 6.53. The number of rotatable bonds is 12. The Morgan fingerprint density at radius 3 is 2.50 bits per heavy atom. The third kappa shape index (κ3) is 9.51. The van der Waals surface area contributed by atoms with Crippen molar-refractivity contribution in [2.45, 2.75) is 27.2 Å². The van der Waals surface area contributed by atoms with Crippen molar-refractivity contribution < 1.29 is 14.2 Å². The molecule has 0 saturated heterocycles. The molecule has 30 heavy (non-hydrogen) atoms. The van der Waals surface area contributed by atoms with Crippen LogP contribution < -0.4 is 24.8 Å². The number of guanidine groups is 1. The molecular formula is C22H33IN4O3. The number of benzene rings is 1. The third-order valence-electron chi connectivity index (χ3n) is 3.92. The fourth-order valence-electron chi connectivity index (χ4n) is 2.66. The van der Waals surface area contributed by atoms with Crippen LogP contribution in [0.3, 0.4) is 0 Å². The maximum Gasteiger partial charge on any atom is 0.191 e. The minimum Gasteiger partial charge on any atom is -0.490 e. The molecule has 1 aromatic carbocycles. The number of aromatic nitrogens is 1. The van der Waals surface area contributed by atoms with E-state index in [1.54, 1.807) is 12.4 Å². The van der Waals surface area contributed by atoms with Crippen molar-refractivity contribution in [2.24, 2.45) is 4.99 Å². The zero-order valence-corrected chi connectivity index (χ0v) is 20.3. The van der Waals surface area contributed by atoms with E-state index in [0.29, 0.717) is 32.9 Å². The van der Waals surface area contributed by atoms with Crippen molar-refractivity contribution >= 4 is 29.9 Å². The number of halogens is 1. The lowest BCUT2D eigenvalue weighted by Gasteiger charge is -2.13. The summed E-state index contributed by atoms with van der Waals surface area (Å²) < 4.78 is 17.0. The lowest BCUT2D eigenvalue weighted by atomic mass is 10.1. The fraction of sp³-hybridized carbons (Fsp3) is 0.455. The van der Waals surface area contributed by atoms with Crippen LogP contribution in [0.1, 0.15) is 26.3 Å². The molecule has 2 rings (SSSR count). The number of pyridine rings is 1. The molecule has 7 nitrogen and oxygen atoms in total. The lowest BCUT2D eigenvalue weighted by molar-refractivity contribution is 0.287. The number of hydrogen-bond donors (Lipinski definition) is 2. The van der Waals surface area contributed by atoms with Crippen LogP contribution in [0, 0.1) is 0 Å². The van der Waals surface area contributed by atoms with Crippen LogP contribution in [-0.4, -0.2) is 50.4 Å². The molecule has 0 fully saturated rings. The van der Waals surface area contributed by atoms with Gasteiger partial charge in [-0.05, 0) is 57.0 Å². The number of nitrogens with one attached hydrogen (secondary N) is 2. The summed E-state index contributed by atoms with van der Waals surface area (Å²) in [5.41, 5.74) is 1.16. The lowest BCUT2D eigenvalue weighted by Crippen LogP contribution is -2.39. The van der Waals surface area contributed by atoms with E-state index in [2.05, 4.69) is 26.7 Å². The van der Waals surface area contributed by atoms with Gasteiger partial charge in [-0.1, -0.05) is 6.07 Å². The monoisotopic (exact) mass is 528 g/mol. The van der Waals surface area contributed by atoms with E-state index in [-0.39, 0.29) is 24.0 Å². The minimum atomic E-state index is 0. The van der Waals surface area contributed by atoms with Crippen LogP contribution in [0.25, 0.3) is 0 Å². The van der Waals surface area contributed by atoms with E-state index in [0.717, 1.165) is 41.7 Å². The topological polar surface area (TPSA) is 77.0 Å². The maximum absolute atomic E-state index is 5.69. The Bertz CT molecular complexity index is 744. The highest BCUT2D eigenvalue weighted by atomic mass is 127. The van der Waals surface area contributed by atoms with Gasteiger partial charge in [0.2, 0.25) is 0 Å². The van der Waals surface area contributed by atoms with Gasteiger partial charge in [-0.2, -0.15) is 0 Å². The van der Waals surface area contributed by atoms with E-state index in [9.17, 15) is 0 Å². The van der Waals surface area contributed by atoms with Gasteiger partial charge in [-0.3, -0.25) is 9.98 Å². The second-order valence-corrected chi connectivity index (χ2v) is 6.12. The average molecular weight is 528 g/mol. The van der Waals surface area contributed by atoms with Gasteiger partial charge >= 0.3 is 0 Å². The molecule has 0 aliphatic rings. The molecule has 0 spiro atoms. The highest BCUT2D eigenvalue weighted by Gasteiger charge is 2.06. The zero-order valence-electron chi connectivity index (χ0n) is 18.0. The molecule has 0 aliphatic carbocycles. The second kappa shape index (κ2) is 15.6. The van der Waals surface area contributed by atoms with Gasteiger partial charge in [-0.25, -0.2) is 0 Å². The Labute approximate surface area is 196 Å². The SMILES string of the molecule is CCNC(=NCCc1ccc(OCC)c(OCC)c1)NCCOc1cccnc1.I. The van der Waals surface area contributed by atoms with Gasteiger partial charge in [0.25, 0.3) is 0 Å². The second-order valence-electron chi connectivity index (χ2n) is 6.12. The first-order valence-corrected chi connectivity index (χ1v) is 10.2. The van der Waals surface area contributed by atoms with Crippen LogP contribution in [0.15, 0.2) is 47.7 Å². The summed E-state index contributed by atoms with van der Waals surface area (Å²) in [6.07, 6.45) is 4.24. The Balaban J connectivity index is 0.00000450. The fourth-order valence-corrected chi connectivity index (χ4v) is 2.66. The third-order valence-corrected chi connectivity index (χ3v) is 3.92. The zero-order chi connectivity index (χ0) is 20.7. The summed E-state index contributed by atoms with van der Waals surface area (Å²) in [7, 11) is 0. The molecule has 166 valence electrons. The predicted molar refractivity (Wildman–Crippen MR) is 132 cm³/mol. The number of hydrogen-bond acceptors (Lipinski definition) is 5. The molecule has 0 atom stereocenters. The largest absolute Gasteiger partial charge is 0.490 e. The number of aliphatic imine (C=N–C) groups is 1. The smallest absolute Gasteiger partial charge is 0.191 e.